The molecule has 0 unspecified atom stereocenters. The van der Waals surface area contributed by atoms with Gasteiger partial charge in [-0.3, -0.25) is 0 Å². The highest BCUT2D eigenvalue weighted by molar-refractivity contribution is 5.67. The molecule has 0 heteroatoms. The van der Waals surface area contributed by atoms with Crippen LogP contribution in [0.25, 0.3) is 11.1 Å². The van der Waals surface area contributed by atoms with Crippen LogP contribution in [0.1, 0.15) is 95.8 Å². The molecule has 154 valence electrons. The maximum absolute atomic E-state index is 2.60. The van der Waals surface area contributed by atoms with Crippen molar-refractivity contribution in [2.24, 2.45) is 17.8 Å². The van der Waals surface area contributed by atoms with Crippen molar-refractivity contribution < 1.29 is 0 Å². The Bertz CT molecular complexity index is 855. The summed E-state index contributed by atoms with van der Waals surface area (Å²) in [6.07, 6.45) is 8.88. The molecule has 4 bridgehead atoms. The number of benzene rings is 2. The van der Waals surface area contributed by atoms with Gasteiger partial charge in [-0.15, -0.1) is 0 Å². The van der Waals surface area contributed by atoms with E-state index < -0.39 is 0 Å². The molecule has 0 heterocycles. The molecule has 0 spiro atoms. The molecule has 0 aromatic heterocycles. The van der Waals surface area contributed by atoms with Gasteiger partial charge in [0.15, 0.2) is 0 Å². The smallest absolute Gasteiger partial charge is 0.00387 e. The van der Waals surface area contributed by atoms with Gasteiger partial charge in [-0.2, -0.15) is 0 Å². The molecule has 4 aliphatic carbocycles. The van der Waals surface area contributed by atoms with Crippen LogP contribution in [0.15, 0.2) is 42.5 Å². The molecule has 29 heavy (non-hydrogen) atoms. The zero-order valence-electron chi connectivity index (χ0n) is 19.1. The average molecular weight is 387 g/mol. The van der Waals surface area contributed by atoms with Crippen LogP contribution in [0.4, 0.5) is 0 Å². The number of hydrogen-bond donors (Lipinski definition) is 0. The maximum Gasteiger partial charge on any atom is -0.00387 e. The molecule has 6 rings (SSSR count). The molecule has 0 atom stereocenters. The summed E-state index contributed by atoms with van der Waals surface area (Å²) in [5.74, 6) is 3.57. The standard InChI is InChI=1S/C29H38/c1-19(2)23-6-8-24(9-7-23)25-13-26(28(3,4)5)15-27(14-25)29-16-20-10-21(17-29)12-22(11-20)18-29/h6-9,13-15,19-22H,10-12,16-18H2,1-5H3. The topological polar surface area (TPSA) is 0 Å². The van der Waals surface area contributed by atoms with E-state index in [2.05, 4.69) is 77.1 Å². The lowest BCUT2D eigenvalue weighted by atomic mass is 9.48. The van der Waals surface area contributed by atoms with Crippen molar-refractivity contribution in [2.45, 2.75) is 89.9 Å². The zero-order valence-corrected chi connectivity index (χ0v) is 19.1. The Hall–Kier alpha value is -1.56. The van der Waals surface area contributed by atoms with Gasteiger partial charge >= 0.3 is 0 Å². The van der Waals surface area contributed by atoms with Crippen molar-refractivity contribution >= 4 is 0 Å². The normalized spacial score (nSPS) is 30.9. The van der Waals surface area contributed by atoms with Gasteiger partial charge in [0.05, 0.1) is 0 Å². The van der Waals surface area contributed by atoms with Gasteiger partial charge in [0.2, 0.25) is 0 Å². The Morgan fingerprint density at radius 1 is 0.759 bits per heavy atom. The first-order valence-corrected chi connectivity index (χ1v) is 12.0. The molecule has 4 aliphatic rings. The van der Waals surface area contributed by atoms with Gasteiger partial charge in [0.1, 0.15) is 0 Å². The van der Waals surface area contributed by atoms with Crippen LogP contribution in [0.5, 0.6) is 0 Å². The molecule has 0 radical (unpaired) electrons. The highest BCUT2D eigenvalue weighted by Gasteiger charge is 2.51. The van der Waals surface area contributed by atoms with Crippen LogP contribution >= 0.6 is 0 Å². The first kappa shape index (κ1) is 19.4. The van der Waals surface area contributed by atoms with E-state index in [1.807, 2.05) is 0 Å². The Morgan fingerprint density at radius 2 is 1.31 bits per heavy atom. The molecule has 4 fully saturated rings. The monoisotopic (exact) mass is 386 g/mol. The number of hydrogen-bond acceptors (Lipinski definition) is 0. The van der Waals surface area contributed by atoms with E-state index in [1.54, 1.807) is 5.56 Å². The fourth-order valence-corrected chi connectivity index (χ4v) is 7.06. The van der Waals surface area contributed by atoms with Crippen molar-refractivity contribution in [3.63, 3.8) is 0 Å². The number of rotatable bonds is 3. The second-order valence-electron chi connectivity index (χ2n) is 12.0. The molecule has 0 N–H and O–H groups in total. The van der Waals surface area contributed by atoms with E-state index in [4.69, 9.17) is 0 Å². The maximum atomic E-state index is 2.60. The van der Waals surface area contributed by atoms with Crippen LogP contribution in [0.3, 0.4) is 0 Å². The summed E-state index contributed by atoms with van der Waals surface area (Å²) < 4.78 is 0. The summed E-state index contributed by atoms with van der Waals surface area (Å²) >= 11 is 0. The van der Waals surface area contributed by atoms with E-state index in [9.17, 15) is 0 Å². The van der Waals surface area contributed by atoms with Gasteiger partial charge < -0.3 is 0 Å². The Labute approximate surface area is 178 Å². The second-order valence-corrected chi connectivity index (χ2v) is 12.0. The first-order valence-electron chi connectivity index (χ1n) is 12.0. The quantitative estimate of drug-likeness (QED) is 0.498. The minimum atomic E-state index is 0.185. The Morgan fingerprint density at radius 3 is 1.79 bits per heavy atom. The van der Waals surface area contributed by atoms with Crippen molar-refractivity contribution in [1.82, 2.24) is 0 Å². The van der Waals surface area contributed by atoms with Crippen molar-refractivity contribution in [2.75, 3.05) is 0 Å². The van der Waals surface area contributed by atoms with Gasteiger partial charge in [-0.1, -0.05) is 77.1 Å². The minimum Gasteiger partial charge on any atom is -0.0587 e. The fraction of sp³-hybridized carbons (Fsp3) is 0.586. The molecule has 0 nitrogen and oxygen atoms in total. The van der Waals surface area contributed by atoms with Crippen molar-refractivity contribution in [3.8, 4) is 11.1 Å². The predicted octanol–water partition coefficient (Wildman–Crippen LogP) is 8.24. The fourth-order valence-electron chi connectivity index (χ4n) is 7.06. The average Bonchev–Trinajstić information content (AvgIpc) is 2.66. The van der Waals surface area contributed by atoms with E-state index in [0.717, 1.165) is 17.8 Å². The summed E-state index contributed by atoms with van der Waals surface area (Å²) in [5.41, 5.74) is 8.06. The van der Waals surface area contributed by atoms with Crippen molar-refractivity contribution in [1.29, 1.82) is 0 Å². The van der Waals surface area contributed by atoms with Crippen molar-refractivity contribution in [3.05, 3.63) is 59.2 Å². The zero-order chi connectivity index (χ0) is 20.4. The molecule has 2 aromatic rings. The molecule has 4 saturated carbocycles. The summed E-state index contributed by atoms with van der Waals surface area (Å²) in [6, 6.07) is 17.0. The van der Waals surface area contributed by atoms with Gasteiger partial charge in [-0.25, -0.2) is 0 Å². The van der Waals surface area contributed by atoms with Gasteiger partial charge in [-0.05, 0) is 101 Å². The van der Waals surface area contributed by atoms with E-state index in [1.165, 1.54) is 60.8 Å². The lowest BCUT2D eigenvalue weighted by Crippen LogP contribution is -2.48. The molecule has 0 aliphatic heterocycles. The van der Waals surface area contributed by atoms with Crippen LogP contribution in [0, 0.1) is 17.8 Å². The summed E-state index contributed by atoms with van der Waals surface area (Å²) in [5, 5.41) is 0. The Balaban J connectivity index is 1.60. The van der Waals surface area contributed by atoms with Crippen LogP contribution in [-0.4, -0.2) is 0 Å². The van der Waals surface area contributed by atoms with Gasteiger partial charge in [0.25, 0.3) is 0 Å². The summed E-state index contributed by atoms with van der Waals surface area (Å²) in [7, 11) is 0. The molecule has 2 aromatic carbocycles. The third kappa shape index (κ3) is 3.47. The summed E-state index contributed by atoms with van der Waals surface area (Å²) in [6.45, 7) is 11.7. The minimum absolute atomic E-state index is 0.185. The highest BCUT2D eigenvalue weighted by Crippen LogP contribution is 2.61. The SMILES string of the molecule is CC(C)c1ccc(-c2cc(C(C)(C)C)cc(C34CC5CC(CC(C5)C3)C4)c2)cc1. The second kappa shape index (κ2) is 6.73. The van der Waals surface area contributed by atoms with Crippen LogP contribution in [0.2, 0.25) is 0 Å². The third-order valence-corrected chi connectivity index (χ3v) is 8.36. The van der Waals surface area contributed by atoms with Crippen LogP contribution < -0.4 is 0 Å². The first-order chi connectivity index (χ1) is 13.7. The summed E-state index contributed by atoms with van der Waals surface area (Å²) in [4.78, 5) is 0. The van der Waals surface area contributed by atoms with Crippen LogP contribution in [-0.2, 0) is 10.8 Å². The van der Waals surface area contributed by atoms with E-state index >= 15 is 0 Å². The highest BCUT2D eigenvalue weighted by atomic mass is 14.6. The molecular formula is C29H38. The third-order valence-electron chi connectivity index (χ3n) is 8.36. The Kier molecular flexibility index (Phi) is 4.50. The molecule has 0 saturated heterocycles. The van der Waals surface area contributed by atoms with E-state index in [-0.39, 0.29) is 5.41 Å². The predicted molar refractivity (Wildman–Crippen MR) is 125 cm³/mol. The van der Waals surface area contributed by atoms with E-state index in [0.29, 0.717) is 11.3 Å². The molecule has 0 amide bonds. The lowest BCUT2D eigenvalue weighted by molar-refractivity contribution is -0.00522. The van der Waals surface area contributed by atoms with Gasteiger partial charge in [0, 0.05) is 0 Å². The lowest BCUT2D eigenvalue weighted by Gasteiger charge is -2.57. The largest absolute Gasteiger partial charge is 0.0587 e. The molecular weight excluding hydrogens is 348 g/mol.